The van der Waals surface area contributed by atoms with Crippen LogP contribution in [-0.4, -0.2) is 46.3 Å². The molecule has 2 unspecified atom stereocenters. The van der Waals surface area contributed by atoms with Crippen molar-refractivity contribution in [2.75, 3.05) is 13.1 Å². The molecule has 0 heterocycles. The van der Waals surface area contributed by atoms with Gasteiger partial charge in [-0.1, -0.05) is 42.5 Å². The smallest absolute Gasteiger partial charge is 0.389 e. The van der Waals surface area contributed by atoms with E-state index >= 15 is 0 Å². The molecule has 2 N–H and O–H groups in total. The van der Waals surface area contributed by atoms with Crippen LogP contribution in [0, 0.1) is 0 Å². The predicted molar refractivity (Wildman–Crippen MR) is 121 cm³/mol. The molecule has 0 saturated heterocycles. The molecule has 0 saturated carbocycles. The molecule has 2 atom stereocenters. The number of unbranched alkanes of at least 4 members (excludes halogenated alkanes) is 1. The third kappa shape index (κ3) is 11.5. The van der Waals surface area contributed by atoms with Gasteiger partial charge in [-0.3, -0.25) is 4.79 Å². The fraction of sp³-hybridized carbons (Fsp3) is 0.560. The van der Waals surface area contributed by atoms with E-state index in [-0.39, 0.29) is 5.91 Å². The summed E-state index contributed by atoms with van der Waals surface area (Å²) in [5.41, 5.74) is -0.0393. The Bertz CT molecular complexity index is 727. The first-order valence-electron chi connectivity index (χ1n) is 11.3. The van der Waals surface area contributed by atoms with E-state index in [1.807, 2.05) is 26.0 Å². The number of aryl methyl sites for hydroxylation is 1. The van der Waals surface area contributed by atoms with Crippen molar-refractivity contribution in [3.05, 3.63) is 59.7 Å². The Kier molecular flexibility index (Phi) is 13.0. The van der Waals surface area contributed by atoms with Gasteiger partial charge >= 0.3 is 6.18 Å². The van der Waals surface area contributed by atoms with Crippen LogP contribution in [0.25, 0.3) is 0 Å². The summed E-state index contributed by atoms with van der Waals surface area (Å²) in [6.07, 6.45) is 5.12. The number of alkyl halides is 3. The molecule has 0 bridgehead atoms. The zero-order valence-corrected chi connectivity index (χ0v) is 19.0. The molecule has 0 spiro atoms. The number of amides is 1. The molecular weight excluding hydrogens is 419 g/mol. The summed E-state index contributed by atoms with van der Waals surface area (Å²) in [6, 6.07) is 5.28. The SMILES string of the molecule is CCN(CC)C(=O)CCC(O)C=CCCC=CC(O)CCCc1cccc(C(F)(F)F)c1. The predicted octanol–water partition coefficient (Wildman–Crippen LogP) is 5.29. The average molecular weight is 456 g/mol. The van der Waals surface area contributed by atoms with Crippen LogP contribution in [0.2, 0.25) is 0 Å². The van der Waals surface area contributed by atoms with Crippen molar-refractivity contribution in [2.24, 2.45) is 0 Å². The maximum absolute atomic E-state index is 12.7. The lowest BCUT2D eigenvalue weighted by Gasteiger charge is -2.18. The molecular formula is C25H36F3NO3. The van der Waals surface area contributed by atoms with Gasteiger partial charge in [-0.15, -0.1) is 0 Å². The van der Waals surface area contributed by atoms with Gasteiger partial charge in [0, 0.05) is 19.5 Å². The van der Waals surface area contributed by atoms with Gasteiger partial charge in [-0.2, -0.15) is 13.2 Å². The van der Waals surface area contributed by atoms with E-state index in [1.165, 1.54) is 6.07 Å². The molecule has 0 aliphatic carbocycles. The molecule has 0 radical (unpaired) electrons. The molecule has 1 rings (SSSR count). The second kappa shape index (κ2) is 14.9. The number of nitrogens with zero attached hydrogens (tertiary/aromatic N) is 1. The fourth-order valence-corrected chi connectivity index (χ4v) is 3.32. The topological polar surface area (TPSA) is 60.8 Å². The molecule has 7 heteroatoms. The van der Waals surface area contributed by atoms with Crippen LogP contribution in [0.5, 0.6) is 0 Å². The Hall–Kier alpha value is -2.12. The van der Waals surface area contributed by atoms with Gasteiger partial charge in [-0.05, 0) is 64.0 Å². The van der Waals surface area contributed by atoms with Gasteiger partial charge in [0.15, 0.2) is 0 Å². The highest BCUT2D eigenvalue weighted by Crippen LogP contribution is 2.29. The number of benzene rings is 1. The van der Waals surface area contributed by atoms with Gasteiger partial charge in [0.2, 0.25) is 5.91 Å². The third-order valence-electron chi connectivity index (χ3n) is 5.21. The Labute approximate surface area is 189 Å². The highest BCUT2D eigenvalue weighted by molar-refractivity contribution is 5.76. The minimum Gasteiger partial charge on any atom is -0.389 e. The quantitative estimate of drug-likeness (QED) is 0.296. The fourth-order valence-electron chi connectivity index (χ4n) is 3.32. The summed E-state index contributed by atoms with van der Waals surface area (Å²) in [5.74, 6) is 0.0485. The number of carbonyl (C=O) groups is 1. The van der Waals surface area contributed by atoms with E-state index in [9.17, 15) is 28.2 Å². The molecule has 180 valence electrons. The van der Waals surface area contributed by atoms with Gasteiger partial charge < -0.3 is 15.1 Å². The van der Waals surface area contributed by atoms with Gasteiger partial charge in [0.25, 0.3) is 0 Å². The number of allylic oxidation sites excluding steroid dienone is 2. The number of hydrogen-bond donors (Lipinski definition) is 2. The monoisotopic (exact) mass is 455 g/mol. The van der Waals surface area contributed by atoms with Crippen LogP contribution in [0.15, 0.2) is 48.6 Å². The number of hydrogen-bond acceptors (Lipinski definition) is 3. The molecule has 4 nitrogen and oxygen atoms in total. The summed E-state index contributed by atoms with van der Waals surface area (Å²) in [6.45, 7) is 5.20. The van der Waals surface area contributed by atoms with E-state index < -0.39 is 23.9 Å². The van der Waals surface area contributed by atoms with Crippen molar-refractivity contribution in [3.63, 3.8) is 0 Å². The summed E-state index contributed by atoms with van der Waals surface area (Å²) < 4.78 is 38.2. The summed E-state index contributed by atoms with van der Waals surface area (Å²) in [7, 11) is 0. The molecule has 0 fully saturated rings. The standard InChI is InChI=1S/C25H36F3NO3/c1-3-29(4-2)24(32)18-17-23(31)15-8-6-5-7-14-22(30)16-10-12-20-11-9-13-21(19-20)25(26,27)28/h7-9,11,13-15,19,22-23,30-31H,3-6,10,12,16-18H2,1-2H3. The highest BCUT2D eigenvalue weighted by Gasteiger charge is 2.30. The minimum atomic E-state index is -4.34. The zero-order valence-electron chi connectivity index (χ0n) is 19.0. The van der Waals surface area contributed by atoms with Gasteiger partial charge in [-0.25, -0.2) is 0 Å². The van der Waals surface area contributed by atoms with Gasteiger partial charge in [0.05, 0.1) is 17.8 Å². The first-order valence-corrected chi connectivity index (χ1v) is 11.3. The molecule has 32 heavy (non-hydrogen) atoms. The first-order chi connectivity index (χ1) is 15.2. The molecule has 0 aliphatic rings. The maximum Gasteiger partial charge on any atom is 0.416 e. The van der Waals surface area contributed by atoms with Crippen molar-refractivity contribution in [2.45, 2.75) is 77.2 Å². The normalized spacial score (nSPS) is 14.2. The van der Waals surface area contributed by atoms with E-state index in [0.717, 1.165) is 12.1 Å². The van der Waals surface area contributed by atoms with Crippen LogP contribution in [-0.2, 0) is 17.4 Å². The second-order valence-electron chi connectivity index (χ2n) is 7.76. The van der Waals surface area contributed by atoms with Crippen molar-refractivity contribution in [1.29, 1.82) is 0 Å². The van der Waals surface area contributed by atoms with E-state index in [0.29, 0.717) is 63.6 Å². The largest absolute Gasteiger partial charge is 0.416 e. The minimum absolute atomic E-state index is 0.0485. The van der Waals surface area contributed by atoms with Crippen LogP contribution in [0.3, 0.4) is 0 Å². The number of rotatable bonds is 14. The number of halogens is 3. The van der Waals surface area contributed by atoms with Crippen LogP contribution in [0.4, 0.5) is 13.2 Å². The molecule has 1 aromatic rings. The van der Waals surface area contributed by atoms with Gasteiger partial charge in [0.1, 0.15) is 0 Å². The summed E-state index contributed by atoms with van der Waals surface area (Å²) in [5, 5.41) is 19.9. The Morgan fingerprint density at radius 2 is 1.62 bits per heavy atom. The van der Waals surface area contributed by atoms with Crippen molar-refractivity contribution < 1.29 is 28.2 Å². The van der Waals surface area contributed by atoms with Crippen molar-refractivity contribution >= 4 is 5.91 Å². The first kappa shape index (κ1) is 27.9. The number of carbonyl (C=O) groups excluding carboxylic acids is 1. The van der Waals surface area contributed by atoms with Crippen LogP contribution in [0.1, 0.15) is 63.5 Å². The Morgan fingerprint density at radius 1 is 1.03 bits per heavy atom. The molecule has 1 aromatic carbocycles. The second-order valence-corrected chi connectivity index (χ2v) is 7.76. The lowest BCUT2D eigenvalue weighted by atomic mass is 10.0. The lowest BCUT2D eigenvalue weighted by molar-refractivity contribution is -0.137. The lowest BCUT2D eigenvalue weighted by Crippen LogP contribution is -2.30. The van der Waals surface area contributed by atoms with Crippen LogP contribution < -0.4 is 0 Å². The molecule has 0 aliphatic heterocycles. The highest BCUT2D eigenvalue weighted by atomic mass is 19.4. The van der Waals surface area contributed by atoms with E-state index in [4.69, 9.17) is 0 Å². The van der Waals surface area contributed by atoms with E-state index in [2.05, 4.69) is 0 Å². The van der Waals surface area contributed by atoms with E-state index in [1.54, 1.807) is 23.1 Å². The zero-order chi connectivity index (χ0) is 24.0. The Balaban J connectivity index is 2.22. The third-order valence-corrected chi connectivity index (χ3v) is 5.21. The molecule has 0 aromatic heterocycles. The number of aliphatic hydroxyl groups excluding tert-OH is 2. The average Bonchev–Trinajstić information content (AvgIpc) is 2.75. The summed E-state index contributed by atoms with van der Waals surface area (Å²) in [4.78, 5) is 13.7. The molecule has 1 amide bonds. The maximum atomic E-state index is 12.7. The van der Waals surface area contributed by atoms with Crippen LogP contribution >= 0.6 is 0 Å². The Morgan fingerprint density at radius 3 is 2.19 bits per heavy atom. The summed E-state index contributed by atoms with van der Waals surface area (Å²) >= 11 is 0. The van der Waals surface area contributed by atoms with Crippen molar-refractivity contribution in [3.8, 4) is 0 Å². The number of aliphatic hydroxyl groups is 2. The van der Waals surface area contributed by atoms with Crippen molar-refractivity contribution in [1.82, 2.24) is 4.90 Å².